The van der Waals surface area contributed by atoms with Gasteiger partial charge in [0.25, 0.3) is 5.91 Å². The normalized spacial score (nSPS) is 15.2. The fourth-order valence-corrected chi connectivity index (χ4v) is 4.63. The van der Waals surface area contributed by atoms with Crippen molar-refractivity contribution in [1.82, 2.24) is 4.90 Å². The van der Waals surface area contributed by atoms with Gasteiger partial charge in [-0.15, -0.1) is 0 Å². The molecule has 1 saturated heterocycles. The Bertz CT molecular complexity index is 1190. The van der Waals surface area contributed by atoms with Gasteiger partial charge in [-0.05, 0) is 43.2 Å². The van der Waals surface area contributed by atoms with Crippen molar-refractivity contribution in [1.29, 1.82) is 0 Å². The molecule has 2 N–H and O–H groups in total. The van der Waals surface area contributed by atoms with Gasteiger partial charge in [-0.25, -0.2) is 0 Å². The van der Waals surface area contributed by atoms with Gasteiger partial charge in [0.2, 0.25) is 5.91 Å². The van der Waals surface area contributed by atoms with E-state index in [1.807, 2.05) is 0 Å². The van der Waals surface area contributed by atoms with Crippen LogP contribution in [-0.2, 0) is 20.6 Å². The highest BCUT2D eigenvalue weighted by Crippen LogP contribution is 2.38. The fraction of sp³-hybridized carbons (Fsp3) is 0.304. The molecular formula is C23H21F3N2O5S2. The number of nitrogens with zero attached hydrogens (tertiary/aromatic N) is 1. The van der Waals surface area contributed by atoms with E-state index in [4.69, 9.17) is 21.7 Å². The number of hydrogen-bond acceptors (Lipinski definition) is 6. The van der Waals surface area contributed by atoms with Crippen LogP contribution in [0.2, 0.25) is 0 Å². The van der Waals surface area contributed by atoms with E-state index in [0.29, 0.717) is 35.0 Å². The Kier molecular flexibility index (Phi) is 8.39. The zero-order valence-corrected chi connectivity index (χ0v) is 20.1. The lowest BCUT2D eigenvalue weighted by molar-refractivity contribution is -0.138. The van der Waals surface area contributed by atoms with Crippen LogP contribution in [0.1, 0.15) is 43.9 Å². The third-order valence-electron chi connectivity index (χ3n) is 4.97. The predicted molar refractivity (Wildman–Crippen MR) is 129 cm³/mol. The lowest BCUT2D eigenvalue weighted by Crippen LogP contribution is -2.29. The molecule has 3 rings (SSSR count). The number of carbonyl (C=O) groups is 3. The lowest BCUT2D eigenvalue weighted by atomic mass is 10.1. The molecule has 186 valence electrons. The molecule has 35 heavy (non-hydrogen) atoms. The summed E-state index contributed by atoms with van der Waals surface area (Å²) in [6, 6.07) is 5.87. The number of thioether (sulfide) groups is 1. The number of aliphatic carboxylic acids is 1. The van der Waals surface area contributed by atoms with Crippen molar-refractivity contribution in [3.63, 3.8) is 0 Å². The van der Waals surface area contributed by atoms with Crippen LogP contribution in [0, 0.1) is 0 Å². The molecule has 0 saturated carbocycles. The number of halogens is 3. The van der Waals surface area contributed by atoms with Crippen LogP contribution in [0.4, 0.5) is 18.9 Å². The van der Waals surface area contributed by atoms with Crippen LogP contribution >= 0.6 is 24.0 Å². The molecule has 0 bridgehead atoms. The number of furan rings is 1. The van der Waals surface area contributed by atoms with Gasteiger partial charge >= 0.3 is 12.1 Å². The maximum Gasteiger partial charge on any atom is 0.416 e. The summed E-state index contributed by atoms with van der Waals surface area (Å²) in [6.45, 7) is 1.60. The van der Waals surface area contributed by atoms with E-state index < -0.39 is 23.6 Å². The number of carboxylic acids is 1. The molecule has 0 atom stereocenters. The molecule has 7 nitrogen and oxygen atoms in total. The second-order valence-electron chi connectivity index (χ2n) is 7.68. The molecule has 2 heterocycles. The third-order valence-corrected chi connectivity index (χ3v) is 6.35. The van der Waals surface area contributed by atoms with Gasteiger partial charge in [0.15, 0.2) is 0 Å². The summed E-state index contributed by atoms with van der Waals surface area (Å²) >= 11 is 6.35. The van der Waals surface area contributed by atoms with Crippen LogP contribution in [0.5, 0.6) is 0 Å². The minimum Gasteiger partial charge on any atom is -0.481 e. The second-order valence-corrected chi connectivity index (χ2v) is 9.35. The molecule has 12 heteroatoms. The van der Waals surface area contributed by atoms with E-state index in [9.17, 15) is 27.6 Å². The molecular weight excluding hydrogens is 505 g/mol. The number of nitrogens with one attached hydrogen (secondary N) is 1. The zero-order chi connectivity index (χ0) is 25.8. The molecule has 0 spiro atoms. The number of benzene rings is 1. The van der Waals surface area contributed by atoms with E-state index in [-0.39, 0.29) is 35.1 Å². The topological polar surface area (TPSA) is 99.9 Å². The molecule has 1 aromatic heterocycles. The van der Waals surface area contributed by atoms with Gasteiger partial charge in [-0.1, -0.05) is 30.4 Å². The van der Waals surface area contributed by atoms with Crippen LogP contribution < -0.4 is 5.32 Å². The number of alkyl halides is 3. The number of carboxylic acid groups (broad SMARTS) is 1. The van der Waals surface area contributed by atoms with E-state index in [2.05, 4.69) is 5.32 Å². The van der Waals surface area contributed by atoms with Gasteiger partial charge in [-0.2, -0.15) is 13.2 Å². The summed E-state index contributed by atoms with van der Waals surface area (Å²) in [5.74, 6) is -1.34. The van der Waals surface area contributed by atoms with E-state index in [0.717, 1.165) is 30.0 Å². The Balaban J connectivity index is 1.78. The second kappa shape index (κ2) is 11.1. The number of hydrogen-bond donors (Lipinski definition) is 2. The van der Waals surface area contributed by atoms with Crippen molar-refractivity contribution in [3.8, 4) is 11.3 Å². The standard InChI is InChI=1S/C23H21F3N2O5S2/c1-13(29)27-17-8-6-14(23(24,25)26)11-16(17)18-9-7-15(33-18)12-19-21(32)28(22(34)35-19)10-4-2-3-5-20(30)31/h6-9,11-12H,2-5,10H2,1H3,(H,27,29)(H,30,31). The average molecular weight is 527 g/mol. The molecule has 0 aliphatic carbocycles. The number of thiocarbonyl (C=S) groups is 1. The Morgan fingerprint density at radius 1 is 1.20 bits per heavy atom. The van der Waals surface area contributed by atoms with Crippen LogP contribution in [0.25, 0.3) is 17.4 Å². The minimum absolute atomic E-state index is 0.0450. The summed E-state index contributed by atoms with van der Waals surface area (Å²) in [7, 11) is 0. The maximum atomic E-state index is 13.2. The molecule has 2 aromatic rings. The smallest absolute Gasteiger partial charge is 0.416 e. The van der Waals surface area contributed by atoms with E-state index >= 15 is 0 Å². The largest absolute Gasteiger partial charge is 0.481 e. The SMILES string of the molecule is CC(=O)Nc1ccc(C(F)(F)F)cc1-c1ccc(C=C2SC(=S)N(CCCCCC(=O)O)C2=O)o1. The molecule has 0 unspecified atom stereocenters. The number of amides is 2. The molecule has 1 aliphatic heterocycles. The Morgan fingerprint density at radius 2 is 1.94 bits per heavy atom. The first kappa shape index (κ1) is 26.5. The van der Waals surface area contributed by atoms with Crippen molar-refractivity contribution in [3.05, 3.63) is 46.6 Å². The number of anilines is 1. The van der Waals surface area contributed by atoms with Crippen molar-refractivity contribution >= 4 is 57.8 Å². The Morgan fingerprint density at radius 3 is 2.60 bits per heavy atom. The van der Waals surface area contributed by atoms with Crippen molar-refractivity contribution in [2.24, 2.45) is 0 Å². The van der Waals surface area contributed by atoms with Crippen molar-refractivity contribution in [2.75, 3.05) is 11.9 Å². The van der Waals surface area contributed by atoms with Crippen molar-refractivity contribution < 1.29 is 37.1 Å². The van der Waals surface area contributed by atoms with Gasteiger partial charge < -0.3 is 14.8 Å². The summed E-state index contributed by atoms with van der Waals surface area (Å²) in [5, 5.41) is 11.2. The molecule has 1 aliphatic rings. The zero-order valence-electron chi connectivity index (χ0n) is 18.5. The summed E-state index contributed by atoms with van der Waals surface area (Å²) in [4.78, 5) is 36.5. The third kappa shape index (κ3) is 6.95. The van der Waals surface area contributed by atoms with E-state index in [1.165, 1.54) is 30.0 Å². The molecule has 1 aromatic carbocycles. The highest BCUT2D eigenvalue weighted by atomic mass is 32.2. The predicted octanol–water partition coefficient (Wildman–Crippen LogP) is 5.77. The first-order valence-electron chi connectivity index (χ1n) is 10.5. The first-order chi connectivity index (χ1) is 16.5. The van der Waals surface area contributed by atoms with Gasteiger partial charge in [0, 0.05) is 31.5 Å². The number of rotatable bonds is 9. The van der Waals surface area contributed by atoms with E-state index in [1.54, 1.807) is 0 Å². The number of carbonyl (C=O) groups excluding carboxylic acids is 2. The molecule has 0 radical (unpaired) electrons. The highest BCUT2D eigenvalue weighted by molar-refractivity contribution is 8.26. The summed E-state index contributed by atoms with van der Waals surface area (Å²) in [5.41, 5.74) is -0.701. The van der Waals surface area contributed by atoms with Gasteiger partial charge in [0.1, 0.15) is 15.8 Å². The Labute approximate surface area is 208 Å². The van der Waals surface area contributed by atoms with Crippen LogP contribution in [0.15, 0.2) is 39.7 Å². The highest BCUT2D eigenvalue weighted by Gasteiger charge is 2.33. The summed E-state index contributed by atoms with van der Waals surface area (Å²) < 4.78 is 45.7. The monoisotopic (exact) mass is 526 g/mol. The first-order valence-corrected chi connectivity index (χ1v) is 11.7. The fourth-order valence-electron chi connectivity index (χ4n) is 3.34. The molecule has 1 fully saturated rings. The minimum atomic E-state index is -4.58. The maximum absolute atomic E-state index is 13.2. The summed E-state index contributed by atoms with van der Waals surface area (Å²) in [6.07, 6.45) is -1.32. The van der Waals surface area contributed by atoms with Crippen LogP contribution in [-0.4, -0.2) is 38.7 Å². The van der Waals surface area contributed by atoms with Gasteiger partial charge in [0.05, 0.1) is 16.2 Å². The lowest BCUT2D eigenvalue weighted by Gasteiger charge is -2.13. The Hall–Kier alpha value is -3.12. The van der Waals surface area contributed by atoms with Crippen LogP contribution in [0.3, 0.4) is 0 Å². The quantitative estimate of drug-likeness (QED) is 0.243. The average Bonchev–Trinajstić information content (AvgIpc) is 3.32. The van der Waals surface area contributed by atoms with Gasteiger partial charge in [-0.3, -0.25) is 19.3 Å². The van der Waals surface area contributed by atoms with Crippen molar-refractivity contribution in [2.45, 2.75) is 38.8 Å². The number of unbranched alkanes of at least 4 members (excludes halogenated alkanes) is 2. The molecule has 2 amide bonds.